The molecule has 1 atom stereocenters. The van der Waals surface area contributed by atoms with Gasteiger partial charge >= 0.3 is 6.18 Å². The molecule has 0 aliphatic rings. The Bertz CT molecular complexity index is 860. The van der Waals surface area contributed by atoms with E-state index in [0.717, 1.165) is 12.1 Å². The molecule has 2 aromatic carbocycles. The van der Waals surface area contributed by atoms with Crippen LogP contribution in [0.15, 0.2) is 64.0 Å². The minimum absolute atomic E-state index is 0.0458. The second-order valence-electron chi connectivity index (χ2n) is 5.72. The number of halogens is 3. The molecule has 0 saturated carbocycles. The summed E-state index contributed by atoms with van der Waals surface area (Å²) in [6.45, 7) is 2.97. The van der Waals surface area contributed by atoms with Crippen LogP contribution in [0.25, 0.3) is 0 Å². The molecular formula is C18H18F3N5O. The van der Waals surface area contributed by atoms with Gasteiger partial charge in [-0.05, 0) is 55.5 Å². The lowest BCUT2D eigenvalue weighted by atomic mass is 10.1. The zero-order valence-electron chi connectivity index (χ0n) is 14.7. The third-order valence-electron chi connectivity index (χ3n) is 3.66. The normalized spacial score (nSPS) is 13.6. The highest BCUT2D eigenvalue weighted by molar-refractivity contribution is 6.02. The van der Waals surface area contributed by atoms with E-state index in [2.05, 4.69) is 20.8 Å². The Balaban J connectivity index is 2.21. The van der Waals surface area contributed by atoms with Gasteiger partial charge in [-0.2, -0.15) is 18.3 Å². The molecule has 0 spiro atoms. The zero-order valence-corrected chi connectivity index (χ0v) is 14.7. The average molecular weight is 377 g/mol. The number of amidine groups is 1. The van der Waals surface area contributed by atoms with Crippen molar-refractivity contribution in [2.45, 2.75) is 26.1 Å². The predicted molar refractivity (Wildman–Crippen MR) is 96.9 cm³/mol. The molecule has 1 unspecified atom stereocenters. The van der Waals surface area contributed by atoms with Gasteiger partial charge in [-0.3, -0.25) is 4.79 Å². The number of alkyl halides is 3. The van der Waals surface area contributed by atoms with Crippen molar-refractivity contribution in [1.29, 1.82) is 0 Å². The third-order valence-corrected chi connectivity index (χ3v) is 3.66. The molecule has 0 saturated heterocycles. The van der Waals surface area contributed by atoms with Crippen LogP contribution < -0.4 is 11.1 Å². The SMILES string of the molecule is CC(=O)C(C)N=NN=C(N)c1ccccc1Nc1ccc(C(F)(F)F)cc1. The summed E-state index contributed by atoms with van der Waals surface area (Å²) < 4.78 is 37.9. The number of benzene rings is 2. The summed E-state index contributed by atoms with van der Waals surface area (Å²) >= 11 is 0. The van der Waals surface area contributed by atoms with E-state index in [-0.39, 0.29) is 11.6 Å². The number of carbonyl (C=O) groups excluding carboxylic acids is 1. The summed E-state index contributed by atoms with van der Waals surface area (Å²) in [5, 5.41) is 14.1. The van der Waals surface area contributed by atoms with E-state index in [1.165, 1.54) is 19.1 Å². The second kappa shape index (κ2) is 8.43. The van der Waals surface area contributed by atoms with Gasteiger partial charge in [0.05, 0.1) is 5.56 Å². The van der Waals surface area contributed by atoms with Gasteiger partial charge in [0.1, 0.15) is 6.04 Å². The Labute approximate surface area is 154 Å². The van der Waals surface area contributed by atoms with Gasteiger partial charge < -0.3 is 11.1 Å². The van der Waals surface area contributed by atoms with E-state index < -0.39 is 17.8 Å². The Hall–Kier alpha value is -3.23. The number of rotatable bonds is 6. The molecule has 2 aromatic rings. The fourth-order valence-corrected chi connectivity index (χ4v) is 2.00. The molecule has 0 amide bonds. The molecule has 0 aliphatic carbocycles. The average Bonchev–Trinajstić information content (AvgIpc) is 2.61. The van der Waals surface area contributed by atoms with Gasteiger partial charge in [-0.25, -0.2) is 0 Å². The van der Waals surface area contributed by atoms with E-state index in [1.54, 1.807) is 31.2 Å². The molecule has 0 aromatic heterocycles. The number of hydrogen-bond donors (Lipinski definition) is 2. The first-order valence-electron chi connectivity index (χ1n) is 7.96. The fourth-order valence-electron chi connectivity index (χ4n) is 2.00. The van der Waals surface area contributed by atoms with E-state index in [1.807, 2.05) is 0 Å². The number of nitrogens with zero attached hydrogens (tertiary/aromatic N) is 3. The van der Waals surface area contributed by atoms with Crippen LogP contribution in [0.5, 0.6) is 0 Å². The number of Topliss-reactive ketones (excluding diaryl/α,β-unsaturated/α-hetero) is 1. The zero-order chi connectivity index (χ0) is 20.0. The molecule has 0 fully saturated rings. The van der Waals surface area contributed by atoms with Crippen molar-refractivity contribution in [3.8, 4) is 0 Å². The maximum Gasteiger partial charge on any atom is 0.416 e. The maximum atomic E-state index is 12.6. The molecule has 0 heterocycles. The highest BCUT2D eigenvalue weighted by atomic mass is 19.4. The Morgan fingerprint density at radius 3 is 2.33 bits per heavy atom. The van der Waals surface area contributed by atoms with Crippen molar-refractivity contribution in [2.24, 2.45) is 21.2 Å². The van der Waals surface area contributed by atoms with Crippen LogP contribution in [0.2, 0.25) is 0 Å². The van der Waals surface area contributed by atoms with Crippen molar-refractivity contribution in [1.82, 2.24) is 0 Å². The molecule has 9 heteroatoms. The van der Waals surface area contributed by atoms with E-state index in [9.17, 15) is 18.0 Å². The lowest BCUT2D eigenvalue weighted by Crippen LogP contribution is -2.15. The molecule has 0 aliphatic heterocycles. The van der Waals surface area contributed by atoms with Crippen molar-refractivity contribution >= 4 is 23.0 Å². The van der Waals surface area contributed by atoms with Crippen LogP contribution in [0.1, 0.15) is 25.0 Å². The van der Waals surface area contributed by atoms with E-state index >= 15 is 0 Å². The number of nitrogens with two attached hydrogens (primary N) is 1. The summed E-state index contributed by atoms with van der Waals surface area (Å²) in [4.78, 5) is 11.1. The fraction of sp³-hybridized carbons (Fsp3) is 0.222. The number of para-hydroxylation sites is 1. The van der Waals surface area contributed by atoms with Gasteiger partial charge in [0.2, 0.25) is 0 Å². The van der Waals surface area contributed by atoms with Gasteiger partial charge in [0.25, 0.3) is 0 Å². The van der Waals surface area contributed by atoms with E-state index in [0.29, 0.717) is 16.9 Å². The Morgan fingerprint density at radius 1 is 1.11 bits per heavy atom. The van der Waals surface area contributed by atoms with Crippen LogP contribution in [-0.2, 0) is 11.0 Å². The number of hydrogen-bond acceptors (Lipinski definition) is 4. The monoisotopic (exact) mass is 377 g/mol. The van der Waals surface area contributed by atoms with Crippen molar-refractivity contribution in [2.75, 3.05) is 5.32 Å². The van der Waals surface area contributed by atoms with Gasteiger partial charge in [-0.1, -0.05) is 12.1 Å². The first-order valence-corrected chi connectivity index (χ1v) is 7.96. The van der Waals surface area contributed by atoms with Crippen LogP contribution >= 0.6 is 0 Å². The van der Waals surface area contributed by atoms with E-state index in [4.69, 9.17) is 5.73 Å². The minimum atomic E-state index is -4.39. The summed E-state index contributed by atoms with van der Waals surface area (Å²) in [5.74, 6) is -0.110. The second-order valence-corrected chi connectivity index (χ2v) is 5.72. The van der Waals surface area contributed by atoms with Crippen molar-refractivity contribution < 1.29 is 18.0 Å². The summed E-state index contributed by atoms with van der Waals surface area (Å²) in [5.41, 5.74) is 6.66. The number of anilines is 2. The Kier molecular flexibility index (Phi) is 6.27. The molecule has 6 nitrogen and oxygen atoms in total. The summed E-state index contributed by atoms with van der Waals surface area (Å²) in [7, 11) is 0. The number of ketones is 1. The first kappa shape index (κ1) is 20.1. The van der Waals surface area contributed by atoms with Crippen LogP contribution in [0, 0.1) is 0 Å². The van der Waals surface area contributed by atoms with Crippen LogP contribution in [-0.4, -0.2) is 17.7 Å². The first-order chi connectivity index (χ1) is 12.7. The molecule has 0 radical (unpaired) electrons. The quantitative estimate of drug-likeness (QED) is 0.336. The number of nitrogens with one attached hydrogen (secondary N) is 1. The highest BCUT2D eigenvalue weighted by Gasteiger charge is 2.29. The molecule has 3 N–H and O–H groups in total. The highest BCUT2D eigenvalue weighted by Crippen LogP contribution is 2.30. The molecule has 27 heavy (non-hydrogen) atoms. The minimum Gasteiger partial charge on any atom is -0.382 e. The summed E-state index contributed by atoms with van der Waals surface area (Å²) in [6, 6.07) is 10.8. The number of carbonyl (C=O) groups is 1. The van der Waals surface area contributed by atoms with Gasteiger partial charge in [0, 0.05) is 16.9 Å². The topological polar surface area (TPSA) is 92.2 Å². The molecule has 2 rings (SSSR count). The van der Waals surface area contributed by atoms with Crippen molar-refractivity contribution in [3.63, 3.8) is 0 Å². The standard InChI is InChI=1S/C18H18F3N5O/c1-11(12(2)27)24-26-25-17(22)15-5-3-4-6-16(15)23-14-9-7-13(8-10-14)18(19,20)21/h3-11,23H,1-2H3,(H2,22,24,25). The lowest BCUT2D eigenvalue weighted by molar-refractivity contribution is -0.137. The van der Waals surface area contributed by atoms with Gasteiger partial charge in [-0.15, -0.1) is 5.10 Å². The molecule has 0 bridgehead atoms. The maximum absolute atomic E-state index is 12.6. The van der Waals surface area contributed by atoms with Gasteiger partial charge in [0.15, 0.2) is 11.6 Å². The largest absolute Gasteiger partial charge is 0.416 e. The molecular weight excluding hydrogens is 359 g/mol. The lowest BCUT2D eigenvalue weighted by Gasteiger charge is -2.12. The molecule has 142 valence electrons. The van der Waals surface area contributed by atoms with Crippen molar-refractivity contribution in [3.05, 3.63) is 59.7 Å². The van der Waals surface area contributed by atoms with Crippen LogP contribution in [0.3, 0.4) is 0 Å². The summed E-state index contributed by atoms with van der Waals surface area (Å²) in [6.07, 6.45) is -4.39. The predicted octanol–water partition coefficient (Wildman–Crippen LogP) is 4.50. The van der Waals surface area contributed by atoms with Crippen LogP contribution in [0.4, 0.5) is 24.5 Å². The third kappa shape index (κ3) is 5.63. The Morgan fingerprint density at radius 2 is 1.74 bits per heavy atom. The smallest absolute Gasteiger partial charge is 0.382 e.